The van der Waals surface area contributed by atoms with Crippen LogP contribution in [0.25, 0.3) is 0 Å². The molecule has 118 valence electrons. The Kier molecular flexibility index (Phi) is 5.96. The van der Waals surface area contributed by atoms with Crippen molar-refractivity contribution in [3.8, 4) is 0 Å². The van der Waals surface area contributed by atoms with E-state index in [0.717, 1.165) is 25.2 Å². The molecule has 0 amide bonds. The number of hydrogen-bond acceptors (Lipinski definition) is 3. The fourth-order valence-electron chi connectivity index (χ4n) is 2.77. The first-order valence-corrected chi connectivity index (χ1v) is 8.03. The van der Waals surface area contributed by atoms with Crippen molar-refractivity contribution in [2.75, 3.05) is 20.1 Å². The molecule has 1 saturated heterocycles. The van der Waals surface area contributed by atoms with E-state index in [0.29, 0.717) is 6.04 Å². The molecule has 0 aliphatic carbocycles. The molecule has 21 heavy (non-hydrogen) atoms. The number of nitrogens with one attached hydrogen (secondary N) is 1. The Balaban J connectivity index is 1.95. The van der Waals surface area contributed by atoms with E-state index in [1.54, 1.807) is 24.3 Å². The minimum absolute atomic E-state index is 0.0594. The zero-order valence-corrected chi connectivity index (χ0v) is 12.9. The highest BCUT2D eigenvalue weighted by molar-refractivity contribution is 8.00. The van der Waals surface area contributed by atoms with Gasteiger partial charge in [-0.15, -0.1) is 0 Å². The number of rotatable bonds is 5. The number of benzene rings is 1. The van der Waals surface area contributed by atoms with Gasteiger partial charge < -0.3 is 5.32 Å². The Morgan fingerprint density at radius 3 is 2.57 bits per heavy atom. The molecule has 0 radical (unpaired) electrons. The first-order valence-electron chi connectivity index (χ1n) is 7.21. The van der Waals surface area contributed by atoms with Crippen molar-refractivity contribution < 1.29 is 13.2 Å². The van der Waals surface area contributed by atoms with Gasteiger partial charge in [-0.1, -0.05) is 18.6 Å². The normalized spacial score (nSPS) is 20.7. The average Bonchev–Trinajstić information content (AvgIpc) is 2.42. The number of piperidine rings is 1. The van der Waals surface area contributed by atoms with Gasteiger partial charge in [-0.3, -0.25) is 4.90 Å². The van der Waals surface area contributed by atoms with Gasteiger partial charge >= 0.3 is 5.51 Å². The van der Waals surface area contributed by atoms with E-state index in [1.807, 2.05) is 7.05 Å². The highest BCUT2D eigenvalue weighted by atomic mass is 32.2. The minimum Gasteiger partial charge on any atom is -0.318 e. The predicted octanol–water partition coefficient (Wildman–Crippen LogP) is 3.87. The lowest BCUT2D eigenvalue weighted by molar-refractivity contribution is -0.0328. The number of thioether (sulfide) groups is 1. The third-order valence-electron chi connectivity index (χ3n) is 3.73. The van der Waals surface area contributed by atoms with Crippen LogP contribution in [-0.4, -0.2) is 36.6 Å². The summed E-state index contributed by atoms with van der Waals surface area (Å²) in [5.41, 5.74) is -3.14. The molecule has 0 aromatic heterocycles. The van der Waals surface area contributed by atoms with Crippen molar-refractivity contribution in [2.45, 2.75) is 42.3 Å². The summed E-state index contributed by atoms with van der Waals surface area (Å²) in [6.07, 6.45) is 3.63. The highest BCUT2D eigenvalue weighted by Crippen LogP contribution is 2.36. The van der Waals surface area contributed by atoms with Gasteiger partial charge in [0.15, 0.2) is 0 Å². The van der Waals surface area contributed by atoms with Crippen LogP contribution in [0.4, 0.5) is 13.2 Å². The van der Waals surface area contributed by atoms with Crippen LogP contribution in [0, 0.1) is 0 Å². The summed E-state index contributed by atoms with van der Waals surface area (Å²) in [6, 6.07) is 7.25. The molecule has 2 rings (SSSR count). The molecule has 1 aliphatic rings. The zero-order chi connectivity index (χ0) is 15.3. The smallest absolute Gasteiger partial charge is 0.318 e. The average molecular weight is 318 g/mol. The van der Waals surface area contributed by atoms with Crippen molar-refractivity contribution in [1.82, 2.24) is 10.2 Å². The van der Waals surface area contributed by atoms with Crippen LogP contribution in [-0.2, 0) is 6.54 Å². The van der Waals surface area contributed by atoms with Gasteiger partial charge in [0.25, 0.3) is 0 Å². The number of hydrogen-bond donors (Lipinski definition) is 1. The van der Waals surface area contributed by atoms with E-state index in [2.05, 4.69) is 10.2 Å². The standard InChI is InChI=1S/C15H21F3N2S/c1-19-10-13-4-2-3-9-20(13)11-12-5-7-14(8-6-12)21-15(16,17)18/h5-8,13,19H,2-4,9-11H2,1H3. The molecular formula is C15H21F3N2S. The first kappa shape index (κ1) is 16.6. The fourth-order valence-corrected chi connectivity index (χ4v) is 3.31. The summed E-state index contributed by atoms with van der Waals surface area (Å²) in [4.78, 5) is 2.67. The third-order valence-corrected chi connectivity index (χ3v) is 4.47. The molecule has 1 aromatic carbocycles. The number of halogens is 3. The van der Waals surface area contributed by atoms with Crippen molar-refractivity contribution in [1.29, 1.82) is 0 Å². The van der Waals surface area contributed by atoms with Gasteiger partial charge in [-0.05, 0) is 55.9 Å². The van der Waals surface area contributed by atoms with E-state index in [9.17, 15) is 13.2 Å². The number of likely N-dealkylation sites (N-methyl/N-ethyl adjacent to an activating group) is 1. The van der Waals surface area contributed by atoms with Crippen LogP contribution in [0.5, 0.6) is 0 Å². The summed E-state index contributed by atoms with van der Waals surface area (Å²) in [5, 5.41) is 3.22. The molecule has 2 nitrogen and oxygen atoms in total. The first-order chi connectivity index (χ1) is 9.98. The SMILES string of the molecule is CNCC1CCCCN1Cc1ccc(SC(F)(F)F)cc1. The second-order valence-corrected chi connectivity index (χ2v) is 6.51. The molecular weight excluding hydrogens is 297 g/mol. The Labute approximate surface area is 128 Å². The Bertz CT molecular complexity index is 432. The van der Waals surface area contributed by atoms with Crippen molar-refractivity contribution in [2.24, 2.45) is 0 Å². The Morgan fingerprint density at radius 1 is 1.24 bits per heavy atom. The lowest BCUT2D eigenvalue weighted by Crippen LogP contribution is -2.44. The molecule has 1 unspecified atom stereocenters. The molecule has 1 heterocycles. The van der Waals surface area contributed by atoms with E-state index >= 15 is 0 Å². The fraction of sp³-hybridized carbons (Fsp3) is 0.600. The second-order valence-electron chi connectivity index (χ2n) is 5.37. The summed E-state index contributed by atoms with van der Waals surface area (Å²) >= 11 is -0.0594. The van der Waals surface area contributed by atoms with Gasteiger partial charge in [0.05, 0.1) is 0 Å². The van der Waals surface area contributed by atoms with Crippen LogP contribution >= 0.6 is 11.8 Å². The van der Waals surface area contributed by atoms with Gasteiger partial charge in [0.1, 0.15) is 0 Å². The maximum Gasteiger partial charge on any atom is 0.446 e. The van der Waals surface area contributed by atoms with Crippen LogP contribution in [0.15, 0.2) is 29.2 Å². The van der Waals surface area contributed by atoms with Gasteiger partial charge in [-0.25, -0.2) is 0 Å². The van der Waals surface area contributed by atoms with E-state index in [-0.39, 0.29) is 16.7 Å². The van der Waals surface area contributed by atoms with Gasteiger partial charge in [0.2, 0.25) is 0 Å². The Morgan fingerprint density at radius 2 is 1.95 bits per heavy atom. The maximum atomic E-state index is 12.3. The Hall–Kier alpha value is -0.720. The quantitative estimate of drug-likeness (QED) is 0.830. The van der Waals surface area contributed by atoms with Crippen molar-refractivity contribution in [3.05, 3.63) is 29.8 Å². The zero-order valence-electron chi connectivity index (χ0n) is 12.1. The summed E-state index contributed by atoms with van der Waals surface area (Å²) in [7, 11) is 1.95. The van der Waals surface area contributed by atoms with Crippen LogP contribution in [0.1, 0.15) is 24.8 Å². The van der Waals surface area contributed by atoms with E-state index in [4.69, 9.17) is 0 Å². The van der Waals surface area contributed by atoms with Crippen LogP contribution < -0.4 is 5.32 Å². The lowest BCUT2D eigenvalue weighted by Gasteiger charge is -2.35. The molecule has 1 atom stereocenters. The lowest BCUT2D eigenvalue weighted by atomic mass is 10.0. The monoisotopic (exact) mass is 318 g/mol. The van der Waals surface area contributed by atoms with Gasteiger partial charge in [0, 0.05) is 24.0 Å². The largest absolute Gasteiger partial charge is 0.446 e. The molecule has 0 spiro atoms. The number of nitrogens with zero attached hydrogens (tertiary/aromatic N) is 1. The topological polar surface area (TPSA) is 15.3 Å². The van der Waals surface area contributed by atoms with Crippen LogP contribution in [0.2, 0.25) is 0 Å². The second kappa shape index (κ2) is 7.51. The van der Waals surface area contributed by atoms with Crippen molar-refractivity contribution >= 4 is 11.8 Å². The third kappa shape index (κ3) is 5.52. The van der Waals surface area contributed by atoms with E-state index < -0.39 is 5.51 Å². The van der Waals surface area contributed by atoms with E-state index in [1.165, 1.54) is 19.3 Å². The molecule has 1 aliphatic heterocycles. The van der Waals surface area contributed by atoms with Crippen LogP contribution in [0.3, 0.4) is 0 Å². The number of alkyl halides is 3. The summed E-state index contributed by atoms with van der Waals surface area (Å²) in [6.45, 7) is 2.83. The number of likely N-dealkylation sites (tertiary alicyclic amines) is 1. The van der Waals surface area contributed by atoms with Crippen molar-refractivity contribution in [3.63, 3.8) is 0 Å². The predicted molar refractivity (Wildman–Crippen MR) is 80.3 cm³/mol. The molecule has 0 bridgehead atoms. The summed E-state index contributed by atoms with van der Waals surface area (Å²) < 4.78 is 36.9. The highest BCUT2D eigenvalue weighted by Gasteiger charge is 2.29. The molecule has 1 aromatic rings. The van der Waals surface area contributed by atoms with Gasteiger partial charge in [-0.2, -0.15) is 13.2 Å². The molecule has 1 N–H and O–H groups in total. The molecule has 6 heteroatoms. The maximum absolute atomic E-state index is 12.3. The molecule has 1 fully saturated rings. The minimum atomic E-state index is -4.22. The summed E-state index contributed by atoms with van der Waals surface area (Å²) in [5.74, 6) is 0. The molecule has 0 saturated carbocycles.